The largest absolute Gasteiger partial charge is 0.464 e. The van der Waals surface area contributed by atoms with Crippen molar-refractivity contribution in [2.75, 3.05) is 6.61 Å². The Labute approximate surface area is 162 Å². The molecule has 5 nitrogen and oxygen atoms in total. The topological polar surface area (TPSA) is 64.6 Å². The van der Waals surface area contributed by atoms with Gasteiger partial charge in [-0.15, -0.1) is 0 Å². The van der Waals surface area contributed by atoms with Gasteiger partial charge in [-0.2, -0.15) is 0 Å². The lowest BCUT2D eigenvalue weighted by Crippen LogP contribution is -2.45. The van der Waals surface area contributed by atoms with Crippen molar-refractivity contribution in [2.24, 2.45) is 0 Å². The van der Waals surface area contributed by atoms with Crippen LogP contribution in [0.25, 0.3) is 0 Å². The molecule has 0 saturated carbocycles. The van der Waals surface area contributed by atoms with Crippen LogP contribution in [0.5, 0.6) is 0 Å². The highest BCUT2D eigenvalue weighted by molar-refractivity contribution is 6.76. The van der Waals surface area contributed by atoms with Crippen molar-refractivity contribution in [1.29, 1.82) is 0 Å². The van der Waals surface area contributed by atoms with Gasteiger partial charge in [-0.1, -0.05) is 43.4 Å². The van der Waals surface area contributed by atoms with Crippen LogP contribution in [0.4, 0.5) is 4.79 Å². The van der Waals surface area contributed by atoms with E-state index in [-0.39, 0.29) is 0 Å². The van der Waals surface area contributed by atoms with Gasteiger partial charge in [0.25, 0.3) is 0 Å². The predicted octanol–water partition coefficient (Wildman–Crippen LogP) is 4.66. The van der Waals surface area contributed by atoms with E-state index in [2.05, 4.69) is 25.0 Å². The third-order valence-electron chi connectivity index (χ3n) is 3.42. The number of hydrogen-bond acceptors (Lipinski definition) is 4. The summed E-state index contributed by atoms with van der Waals surface area (Å²) in [5.74, 6) is -0.455. The number of hydrogen-bond donors (Lipinski definition) is 1. The van der Waals surface area contributed by atoms with Gasteiger partial charge in [-0.3, -0.25) is 0 Å². The molecule has 0 unspecified atom stereocenters. The summed E-state index contributed by atoms with van der Waals surface area (Å²) in [5.41, 5.74) is 0.231. The molecule has 0 saturated heterocycles. The van der Waals surface area contributed by atoms with E-state index in [1.54, 1.807) is 32.9 Å². The quantitative estimate of drug-likeness (QED) is 0.535. The van der Waals surface area contributed by atoms with E-state index in [1.165, 1.54) is 0 Å². The molecule has 1 aromatic rings. The molecule has 1 rings (SSSR count). The standard InChI is InChI=1S/C19H30ClNO4Si/c1-19(2,3)25-18(23)21-16(13-14-7-9-15(20)10-8-14)17(22)24-11-12-26(4,5)6/h7-10,16H,11-13H2,1-6H3,(H,21,23)/t16-/m1/s1. The molecule has 0 radical (unpaired) electrons. The van der Waals surface area contributed by atoms with Gasteiger partial charge in [0, 0.05) is 19.5 Å². The zero-order chi connectivity index (χ0) is 20.0. The minimum Gasteiger partial charge on any atom is -0.464 e. The van der Waals surface area contributed by atoms with E-state index >= 15 is 0 Å². The number of esters is 1. The van der Waals surface area contributed by atoms with Gasteiger partial charge in [0.05, 0.1) is 6.61 Å². The Balaban J connectivity index is 2.77. The highest BCUT2D eigenvalue weighted by Gasteiger charge is 2.26. The van der Waals surface area contributed by atoms with Crippen LogP contribution < -0.4 is 5.32 Å². The number of halogens is 1. The maximum atomic E-state index is 12.5. The maximum Gasteiger partial charge on any atom is 0.408 e. The first kappa shape index (κ1) is 22.5. The van der Waals surface area contributed by atoms with Crippen LogP contribution in [0.2, 0.25) is 30.7 Å². The van der Waals surface area contributed by atoms with Crippen molar-refractivity contribution >= 4 is 31.7 Å². The molecular formula is C19H30ClNO4Si. The first-order valence-corrected chi connectivity index (χ1v) is 12.8. The molecule has 0 spiro atoms. The van der Waals surface area contributed by atoms with Crippen LogP contribution in [-0.4, -0.2) is 38.4 Å². The van der Waals surface area contributed by atoms with E-state index in [9.17, 15) is 9.59 Å². The fourth-order valence-electron chi connectivity index (χ4n) is 2.06. The third-order valence-corrected chi connectivity index (χ3v) is 5.38. The van der Waals surface area contributed by atoms with E-state index in [1.807, 2.05) is 12.1 Å². The Kier molecular flexibility index (Phi) is 8.15. The number of nitrogens with one attached hydrogen (secondary N) is 1. The van der Waals surface area contributed by atoms with Crippen LogP contribution >= 0.6 is 11.6 Å². The molecule has 1 N–H and O–H groups in total. The third kappa shape index (κ3) is 9.82. The van der Waals surface area contributed by atoms with Gasteiger partial charge in [0.1, 0.15) is 11.6 Å². The molecule has 0 aromatic heterocycles. The molecule has 1 amide bonds. The average Bonchev–Trinajstić information content (AvgIpc) is 2.45. The Bertz CT molecular complexity index is 605. The summed E-state index contributed by atoms with van der Waals surface area (Å²) in [5, 5.41) is 3.24. The van der Waals surface area contributed by atoms with Gasteiger partial charge in [0.2, 0.25) is 0 Å². The number of alkyl carbamates (subject to hydrolysis) is 1. The minimum absolute atomic E-state index is 0.308. The Morgan fingerprint density at radius 3 is 2.23 bits per heavy atom. The number of ether oxygens (including phenoxy) is 2. The normalized spacial score (nSPS) is 13.0. The average molecular weight is 400 g/mol. The van der Waals surface area contributed by atoms with Crippen molar-refractivity contribution in [3.05, 3.63) is 34.9 Å². The summed E-state index contributed by atoms with van der Waals surface area (Å²) in [4.78, 5) is 24.6. The van der Waals surface area contributed by atoms with Gasteiger partial charge in [-0.25, -0.2) is 9.59 Å². The molecule has 0 fully saturated rings. The van der Waals surface area contributed by atoms with Crippen molar-refractivity contribution in [2.45, 2.75) is 64.5 Å². The minimum atomic E-state index is -1.31. The molecule has 0 heterocycles. The number of amides is 1. The lowest BCUT2D eigenvalue weighted by molar-refractivity contribution is -0.145. The first-order chi connectivity index (χ1) is 11.9. The van der Waals surface area contributed by atoms with Crippen LogP contribution in [-0.2, 0) is 20.7 Å². The molecule has 1 aromatic carbocycles. The number of carbonyl (C=O) groups excluding carboxylic acids is 2. The fourth-order valence-corrected chi connectivity index (χ4v) is 2.90. The Hall–Kier alpha value is -1.53. The Morgan fingerprint density at radius 2 is 1.73 bits per heavy atom. The summed E-state index contributed by atoms with van der Waals surface area (Å²) in [6.45, 7) is 12.3. The summed E-state index contributed by atoms with van der Waals surface area (Å²) in [6, 6.07) is 7.20. The lowest BCUT2D eigenvalue weighted by Gasteiger charge is -2.23. The lowest BCUT2D eigenvalue weighted by atomic mass is 10.1. The van der Waals surface area contributed by atoms with Gasteiger partial charge in [0.15, 0.2) is 0 Å². The molecule has 0 aliphatic heterocycles. The van der Waals surface area contributed by atoms with E-state index in [4.69, 9.17) is 21.1 Å². The van der Waals surface area contributed by atoms with Gasteiger partial charge >= 0.3 is 12.1 Å². The molecule has 0 aliphatic carbocycles. The summed E-state index contributed by atoms with van der Waals surface area (Å²) in [6.07, 6.45) is -0.332. The summed E-state index contributed by atoms with van der Waals surface area (Å²) in [7, 11) is -1.31. The van der Waals surface area contributed by atoms with Crippen molar-refractivity contribution in [1.82, 2.24) is 5.32 Å². The highest BCUT2D eigenvalue weighted by atomic mass is 35.5. The fraction of sp³-hybridized carbons (Fsp3) is 0.579. The van der Waals surface area contributed by atoms with Crippen LogP contribution in [0, 0.1) is 0 Å². The van der Waals surface area contributed by atoms with Crippen molar-refractivity contribution in [3.63, 3.8) is 0 Å². The second-order valence-electron chi connectivity index (χ2n) is 8.51. The second-order valence-corrected chi connectivity index (χ2v) is 14.6. The number of benzene rings is 1. The summed E-state index contributed by atoms with van der Waals surface area (Å²) >= 11 is 5.90. The second kappa shape index (κ2) is 9.42. The zero-order valence-electron chi connectivity index (χ0n) is 16.5. The predicted molar refractivity (Wildman–Crippen MR) is 107 cm³/mol. The van der Waals surface area contributed by atoms with Crippen molar-refractivity contribution in [3.8, 4) is 0 Å². The smallest absolute Gasteiger partial charge is 0.408 e. The van der Waals surface area contributed by atoms with Crippen LogP contribution in [0.1, 0.15) is 26.3 Å². The molecule has 7 heteroatoms. The molecule has 1 atom stereocenters. The monoisotopic (exact) mass is 399 g/mol. The zero-order valence-corrected chi connectivity index (χ0v) is 18.3. The Morgan fingerprint density at radius 1 is 1.15 bits per heavy atom. The van der Waals surface area contributed by atoms with Gasteiger partial charge in [-0.05, 0) is 44.5 Å². The van der Waals surface area contributed by atoms with E-state index < -0.39 is 31.8 Å². The summed E-state index contributed by atoms with van der Waals surface area (Å²) < 4.78 is 10.7. The molecule has 0 bridgehead atoms. The van der Waals surface area contributed by atoms with Crippen molar-refractivity contribution < 1.29 is 19.1 Å². The van der Waals surface area contributed by atoms with Crippen LogP contribution in [0.3, 0.4) is 0 Å². The van der Waals surface area contributed by atoms with Gasteiger partial charge < -0.3 is 14.8 Å². The van der Waals surface area contributed by atoms with E-state index in [0.717, 1.165) is 11.6 Å². The van der Waals surface area contributed by atoms with Crippen LogP contribution in [0.15, 0.2) is 24.3 Å². The molecule has 0 aliphatic rings. The maximum absolute atomic E-state index is 12.5. The SMILES string of the molecule is CC(C)(C)OC(=O)N[C@H](Cc1ccc(Cl)cc1)C(=O)OCC[Si](C)(C)C. The number of rotatable bonds is 7. The molecule has 26 heavy (non-hydrogen) atoms. The van der Waals surface area contributed by atoms with E-state index in [0.29, 0.717) is 18.1 Å². The first-order valence-electron chi connectivity index (χ1n) is 8.76. The molecule has 146 valence electrons. The molecular weight excluding hydrogens is 370 g/mol. The highest BCUT2D eigenvalue weighted by Crippen LogP contribution is 2.14. The number of carbonyl (C=O) groups is 2.